The summed E-state index contributed by atoms with van der Waals surface area (Å²) in [7, 11) is 3.60. The molecule has 0 bridgehead atoms. The smallest absolute Gasteiger partial charge is 0.275 e. The third kappa shape index (κ3) is 2.77. The van der Waals surface area contributed by atoms with Gasteiger partial charge in [-0.25, -0.2) is 0 Å². The molecule has 0 aliphatic heterocycles. The Morgan fingerprint density at radius 3 is 3.11 bits per heavy atom. The van der Waals surface area contributed by atoms with Crippen molar-refractivity contribution in [3.8, 4) is 10.6 Å². The van der Waals surface area contributed by atoms with Gasteiger partial charge in [-0.3, -0.25) is 4.79 Å². The molecular formula is C12H15N3O2S. The molecule has 0 aliphatic carbocycles. The molecule has 18 heavy (non-hydrogen) atoms. The number of amides is 1. The number of thiophene rings is 1. The molecule has 2 aromatic heterocycles. The Labute approximate surface area is 109 Å². The number of rotatable bonds is 5. The normalized spacial score (nSPS) is 10.6. The van der Waals surface area contributed by atoms with Crippen molar-refractivity contribution in [3.63, 3.8) is 0 Å². The van der Waals surface area contributed by atoms with E-state index in [9.17, 15) is 4.79 Å². The van der Waals surface area contributed by atoms with E-state index in [4.69, 9.17) is 4.52 Å². The molecule has 0 fully saturated rings. The van der Waals surface area contributed by atoms with Crippen molar-refractivity contribution in [2.45, 2.75) is 0 Å². The van der Waals surface area contributed by atoms with Crippen molar-refractivity contribution in [1.82, 2.24) is 15.4 Å². The van der Waals surface area contributed by atoms with Crippen LogP contribution < -0.4 is 5.32 Å². The molecule has 0 radical (unpaired) electrons. The molecule has 0 saturated carbocycles. The molecule has 96 valence electrons. The Kier molecular flexibility index (Phi) is 4.11. The predicted octanol–water partition coefficient (Wildman–Crippen LogP) is 1.69. The lowest BCUT2D eigenvalue weighted by molar-refractivity contribution is 0.0786. The van der Waals surface area contributed by atoms with Gasteiger partial charge in [0.05, 0.1) is 4.88 Å². The lowest BCUT2D eigenvalue weighted by Crippen LogP contribution is -2.32. The van der Waals surface area contributed by atoms with E-state index in [1.165, 1.54) is 0 Å². The standard InChI is InChI=1S/C12H15N3O2S/c1-13-5-6-15(2)12(16)9-8-10(17-14-9)11-4-3-7-18-11/h3-4,7-8,13H,5-6H2,1-2H3. The molecule has 0 aliphatic rings. The minimum absolute atomic E-state index is 0.128. The molecule has 0 atom stereocenters. The number of likely N-dealkylation sites (N-methyl/N-ethyl adjacent to an activating group) is 2. The van der Waals surface area contributed by atoms with E-state index in [1.807, 2.05) is 24.6 Å². The summed E-state index contributed by atoms with van der Waals surface area (Å²) >= 11 is 1.55. The van der Waals surface area contributed by atoms with Crippen molar-refractivity contribution in [2.75, 3.05) is 27.2 Å². The van der Waals surface area contributed by atoms with Crippen molar-refractivity contribution < 1.29 is 9.32 Å². The van der Waals surface area contributed by atoms with Gasteiger partial charge in [-0.05, 0) is 18.5 Å². The first-order valence-electron chi connectivity index (χ1n) is 5.63. The van der Waals surface area contributed by atoms with Gasteiger partial charge in [0.1, 0.15) is 0 Å². The molecular weight excluding hydrogens is 250 g/mol. The second kappa shape index (κ2) is 5.79. The number of hydrogen-bond acceptors (Lipinski definition) is 5. The van der Waals surface area contributed by atoms with Gasteiger partial charge in [-0.1, -0.05) is 11.2 Å². The summed E-state index contributed by atoms with van der Waals surface area (Å²) in [6, 6.07) is 5.55. The Morgan fingerprint density at radius 2 is 2.44 bits per heavy atom. The third-order valence-corrected chi connectivity index (χ3v) is 3.42. The highest BCUT2D eigenvalue weighted by atomic mass is 32.1. The first kappa shape index (κ1) is 12.8. The second-order valence-electron chi connectivity index (χ2n) is 3.88. The molecule has 0 saturated heterocycles. The van der Waals surface area contributed by atoms with Gasteiger partial charge >= 0.3 is 0 Å². The first-order chi connectivity index (χ1) is 8.72. The average Bonchev–Trinajstić information content (AvgIpc) is 3.04. The Morgan fingerprint density at radius 1 is 1.61 bits per heavy atom. The molecule has 2 rings (SSSR count). The van der Waals surface area contributed by atoms with Crippen LogP contribution in [-0.2, 0) is 0 Å². The van der Waals surface area contributed by atoms with E-state index in [-0.39, 0.29) is 5.91 Å². The summed E-state index contributed by atoms with van der Waals surface area (Å²) in [6.45, 7) is 1.38. The van der Waals surface area contributed by atoms with E-state index in [1.54, 1.807) is 29.4 Å². The Bertz CT molecular complexity index is 507. The maximum Gasteiger partial charge on any atom is 0.275 e. The molecule has 0 aromatic carbocycles. The maximum atomic E-state index is 12.0. The fourth-order valence-electron chi connectivity index (χ4n) is 1.49. The van der Waals surface area contributed by atoms with Gasteiger partial charge in [0.15, 0.2) is 11.5 Å². The van der Waals surface area contributed by atoms with Crippen LogP contribution in [0.25, 0.3) is 10.6 Å². The van der Waals surface area contributed by atoms with Crippen LogP contribution in [0, 0.1) is 0 Å². The van der Waals surface area contributed by atoms with E-state index in [0.717, 1.165) is 11.4 Å². The Balaban J connectivity index is 2.08. The second-order valence-corrected chi connectivity index (χ2v) is 4.83. The van der Waals surface area contributed by atoms with Crippen LogP contribution in [0.3, 0.4) is 0 Å². The first-order valence-corrected chi connectivity index (χ1v) is 6.51. The van der Waals surface area contributed by atoms with Crippen molar-refractivity contribution in [3.05, 3.63) is 29.3 Å². The number of carbonyl (C=O) groups is 1. The van der Waals surface area contributed by atoms with Gasteiger partial charge in [0.25, 0.3) is 5.91 Å². The minimum atomic E-state index is -0.128. The van der Waals surface area contributed by atoms with Crippen LogP contribution in [-0.4, -0.2) is 43.1 Å². The molecule has 6 heteroatoms. The molecule has 0 spiro atoms. The minimum Gasteiger partial charge on any atom is -0.355 e. The third-order valence-electron chi connectivity index (χ3n) is 2.54. The average molecular weight is 265 g/mol. The quantitative estimate of drug-likeness (QED) is 0.894. The van der Waals surface area contributed by atoms with Crippen LogP contribution in [0.1, 0.15) is 10.5 Å². The van der Waals surface area contributed by atoms with Crippen LogP contribution in [0.5, 0.6) is 0 Å². The summed E-state index contributed by atoms with van der Waals surface area (Å²) in [5, 5.41) is 8.77. The summed E-state index contributed by atoms with van der Waals surface area (Å²) in [6.07, 6.45) is 0. The van der Waals surface area contributed by atoms with E-state index in [2.05, 4.69) is 10.5 Å². The number of nitrogens with zero attached hydrogens (tertiary/aromatic N) is 2. The highest BCUT2D eigenvalue weighted by Crippen LogP contribution is 2.25. The molecule has 2 heterocycles. The number of nitrogens with one attached hydrogen (secondary N) is 1. The fraction of sp³-hybridized carbons (Fsp3) is 0.333. The van der Waals surface area contributed by atoms with Crippen LogP contribution in [0.2, 0.25) is 0 Å². The number of hydrogen-bond donors (Lipinski definition) is 1. The largest absolute Gasteiger partial charge is 0.355 e. The van der Waals surface area contributed by atoms with Gasteiger partial charge in [0, 0.05) is 26.2 Å². The SMILES string of the molecule is CNCCN(C)C(=O)c1cc(-c2cccs2)on1. The topological polar surface area (TPSA) is 58.4 Å². The van der Waals surface area contributed by atoms with Gasteiger partial charge in [-0.15, -0.1) is 11.3 Å². The molecule has 5 nitrogen and oxygen atoms in total. The summed E-state index contributed by atoms with van der Waals surface area (Å²) in [5.74, 6) is 0.507. The van der Waals surface area contributed by atoms with Gasteiger partial charge in [-0.2, -0.15) is 0 Å². The zero-order valence-corrected chi connectivity index (χ0v) is 11.2. The lowest BCUT2D eigenvalue weighted by atomic mass is 10.3. The Hall–Kier alpha value is -1.66. The van der Waals surface area contributed by atoms with Crippen LogP contribution in [0.15, 0.2) is 28.1 Å². The van der Waals surface area contributed by atoms with Crippen molar-refractivity contribution in [1.29, 1.82) is 0 Å². The van der Waals surface area contributed by atoms with Crippen molar-refractivity contribution in [2.24, 2.45) is 0 Å². The molecule has 1 amide bonds. The summed E-state index contributed by atoms with van der Waals surface area (Å²) in [4.78, 5) is 14.6. The van der Waals surface area contributed by atoms with E-state index < -0.39 is 0 Å². The van der Waals surface area contributed by atoms with Crippen LogP contribution >= 0.6 is 11.3 Å². The highest BCUT2D eigenvalue weighted by Gasteiger charge is 2.17. The molecule has 2 aromatic rings. The van der Waals surface area contributed by atoms with E-state index in [0.29, 0.717) is 18.0 Å². The maximum absolute atomic E-state index is 12.0. The lowest BCUT2D eigenvalue weighted by Gasteiger charge is -2.14. The molecule has 0 unspecified atom stereocenters. The summed E-state index contributed by atoms with van der Waals surface area (Å²) in [5.41, 5.74) is 0.344. The number of carbonyl (C=O) groups excluding carboxylic acids is 1. The molecule has 1 N–H and O–H groups in total. The zero-order valence-electron chi connectivity index (χ0n) is 10.3. The fourth-order valence-corrected chi connectivity index (χ4v) is 2.16. The van der Waals surface area contributed by atoms with E-state index >= 15 is 0 Å². The predicted molar refractivity (Wildman–Crippen MR) is 70.7 cm³/mol. The monoisotopic (exact) mass is 265 g/mol. The zero-order chi connectivity index (χ0) is 13.0. The van der Waals surface area contributed by atoms with Gasteiger partial charge < -0.3 is 14.7 Å². The van der Waals surface area contributed by atoms with Crippen LogP contribution in [0.4, 0.5) is 0 Å². The van der Waals surface area contributed by atoms with Gasteiger partial charge in [0.2, 0.25) is 0 Å². The summed E-state index contributed by atoms with van der Waals surface area (Å²) < 4.78 is 5.18. The van der Waals surface area contributed by atoms with Crippen molar-refractivity contribution >= 4 is 17.2 Å². The highest BCUT2D eigenvalue weighted by molar-refractivity contribution is 7.13. The number of aromatic nitrogens is 1.